The fourth-order valence-corrected chi connectivity index (χ4v) is 4.38. The minimum atomic E-state index is -0.282. The number of carbonyl (C=O) groups excluding carboxylic acids is 1. The summed E-state index contributed by atoms with van der Waals surface area (Å²) in [6.07, 6.45) is 1.60. The summed E-state index contributed by atoms with van der Waals surface area (Å²) < 4.78 is 5.80. The molecule has 1 amide bonds. The lowest BCUT2D eigenvalue weighted by atomic mass is 10.1. The predicted molar refractivity (Wildman–Crippen MR) is 154 cm³/mol. The maximum Gasteiger partial charge on any atom is 0.271 e. The summed E-state index contributed by atoms with van der Waals surface area (Å²) in [6.45, 7) is 2.57. The Bertz CT molecular complexity index is 1510. The fraction of sp³-hybridized carbons (Fsp3) is 0.0645. The van der Waals surface area contributed by atoms with Gasteiger partial charge in [0.1, 0.15) is 12.4 Å². The van der Waals surface area contributed by atoms with Crippen molar-refractivity contribution < 1.29 is 9.53 Å². The molecular weight excluding hydrogens is 492 g/mol. The van der Waals surface area contributed by atoms with Crippen molar-refractivity contribution in [2.75, 3.05) is 5.32 Å². The minimum absolute atomic E-state index is 0.282. The monoisotopic (exact) mass is 518 g/mol. The van der Waals surface area contributed by atoms with Crippen LogP contribution in [0.2, 0.25) is 0 Å². The molecule has 0 aliphatic heterocycles. The Morgan fingerprint density at radius 2 is 1.66 bits per heavy atom. The molecule has 5 aromatic rings. The molecule has 1 heterocycles. The van der Waals surface area contributed by atoms with E-state index in [-0.39, 0.29) is 5.91 Å². The molecule has 0 spiro atoms. The van der Waals surface area contributed by atoms with Gasteiger partial charge in [0.05, 0.1) is 11.9 Å². The van der Waals surface area contributed by atoms with E-state index in [1.807, 2.05) is 84.2 Å². The van der Waals surface area contributed by atoms with Gasteiger partial charge in [-0.3, -0.25) is 4.79 Å². The zero-order valence-corrected chi connectivity index (χ0v) is 21.6. The molecule has 0 atom stereocenters. The van der Waals surface area contributed by atoms with E-state index in [1.54, 1.807) is 18.3 Å². The van der Waals surface area contributed by atoms with Crippen molar-refractivity contribution in [3.8, 4) is 17.0 Å². The molecule has 0 saturated heterocycles. The Balaban J connectivity index is 1.12. The van der Waals surface area contributed by atoms with Gasteiger partial charge in [-0.25, -0.2) is 10.4 Å². The van der Waals surface area contributed by atoms with Crippen LogP contribution in [0.25, 0.3) is 11.3 Å². The molecule has 188 valence electrons. The molecule has 0 radical (unpaired) electrons. The van der Waals surface area contributed by atoms with Crippen molar-refractivity contribution in [2.24, 2.45) is 5.10 Å². The Morgan fingerprint density at radius 1 is 0.921 bits per heavy atom. The molecule has 0 unspecified atom stereocenters. The van der Waals surface area contributed by atoms with Crippen LogP contribution in [0.1, 0.15) is 27.0 Å². The van der Waals surface area contributed by atoms with Gasteiger partial charge in [-0.05, 0) is 66.6 Å². The lowest BCUT2D eigenvalue weighted by Crippen LogP contribution is -2.17. The molecule has 2 N–H and O–H groups in total. The highest BCUT2D eigenvalue weighted by molar-refractivity contribution is 7.14. The van der Waals surface area contributed by atoms with Crippen LogP contribution in [-0.4, -0.2) is 17.1 Å². The Labute approximate surface area is 225 Å². The predicted octanol–water partition coefficient (Wildman–Crippen LogP) is 7.21. The third-order valence-corrected chi connectivity index (χ3v) is 6.52. The lowest BCUT2D eigenvalue weighted by Gasteiger charge is -2.06. The Kier molecular flexibility index (Phi) is 7.86. The first-order valence-corrected chi connectivity index (χ1v) is 13.0. The number of hydrogen-bond acceptors (Lipinski definition) is 6. The number of aryl methyl sites for hydroxylation is 1. The largest absolute Gasteiger partial charge is 0.489 e. The fourth-order valence-electron chi connectivity index (χ4n) is 3.64. The number of amides is 1. The first-order chi connectivity index (χ1) is 18.6. The van der Waals surface area contributed by atoms with E-state index >= 15 is 0 Å². The second-order valence-corrected chi connectivity index (χ2v) is 9.51. The zero-order chi connectivity index (χ0) is 26.2. The van der Waals surface area contributed by atoms with Crippen molar-refractivity contribution in [1.29, 1.82) is 0 Å². The van der Waals surface area contributed by atoms with Gasteiger partial charge in [0.25, 0.3) is 5.91 Å². The van der Waals surface area contributed by atoms with Gasteiger partial charge in [-0.1, -0.05) is 60.2 Å². The molecule has 6 nitrogen and oxygen atoms in total. The summed E-state index contributed by atoms with van der Waals surface area (Å²) in [5.74, 6) is 0.490. The average molecular weight is 519 g/mol. The van der Waals surface area contributed by atoms with Crippen molar-refractivity contribution in [3.63, 3.8) is 0 Å². The van der Waals surface area contributed by atoms with Crippen LogP contribution in [0.15, 0.2) is 114 Å². The van der Waals surface area contributed by atoms with Crippen molar-refractivity contribution in [2.45, 2.75) is 13.5 Å². The third kappa shape index (κ3) is 6.72. The number of nitrogens with zero attached hydrogens (tertiary/aromatic N) is 2. The molecular formula is C31H26N4O2S. The van der Waals surface area contributed by atoms with Gasteiger partial charge in [-0.2, -0.15) is 5.10 Å². The molecule has 0 aliphatic rings. The molecule has 0 aliphatic carbocycles. The van der Waals surface area contributed by atoms with Gasteiger partial charge in [-0.15, -0.1) is 11.3 Å². The van der Waals surface area contributed by atoms with E-state index < -0.39 is 0 Å². The van der Waals surface area contributed by atoms with Gasteiger partial charge < -0.3 is 10.1 Å². The van der Waals surface area contributed by atoms with E-state index in [2.05, 4.69) is 39.9 Å². The summed E-state index contributed by atoms with van der Waals surface area (Å²) >= 11 is 1.54. The lowest BCUT2D eigenvalue weighted by molar-refractivity contribution is 0.0955. The number of rotatable bonds is 9. The van der Waals surface area contributed by atoms with Gasteiger partial charge >= 0.3 is 0 Å². The molecule has 4 aromatic carbocycles. The van der Waals surface area contributed by atoms with Crippen molar-refractivity contribution in [3.05, 3.63) is 131 Å². The third-order valence-electron chi connectivity index (χ3n) is 5.76. The van der Waals surface area contributed by atoms with Gasteiger partial charge in [0.2, 0.25) is 0 Å². The normalized spacial score (nSPS) is 10.9. The van der Waals surface area contributed by atoms with Crippen LogP contribution in [0, 0.1) is 6.92 Å². The summed E-state index contributed by atoms with van der Waals surface area (Å²) in [6, 6.07) is 33.0. The summed E-state index contributed by atoms with van der Waals surface area (Å²) in [5.41, 5.74) is 9.06. The number of hydrazone groups is 1. The highest BCUT2D eigenvalue weighted by atomic mass is 32.1. The number of nitrogens with one attached hydrogen (secondary N) is 2. The van der Waals surface area contributed by atoms with E-state index in [0.29, 0.717) is 12.2 Å². The average Bonchev–Trinajstić information content (AvgIpc) is 3.43. The molecule has 0 fully saturated rings. The van der Waals surface area contributed by atoms with Crippen LogP contribution < -0.4 is 15.5 Å². The van der Waals surface area contributed by atoms with Crippen molar-refractivity contribution in [1.82, 2.24) is 10.4 Å². The number of aromatic nitrogens is 1. The Hall–Kier alpha value is -4.75. The SMILES string of the molecule is Cc1ccc(Nc2nc(-c3ccc(C(=O)N/N=C\c4ccc(OCc5ccccc5)cc4)cc3)cs2)cc1. The molecule has 5 rings (SSSR count). The van der Waals surface area contributed by atoms with E-state index in [4.69, 9.17) is 4.74 Å². The Morgan fingerprint density at radius 3 is 2.39 bits per heavy atom. The number of hydrogen-bond donors (Lipinski definition) is 2. The highest BCUT2D eigenvalue weighted by Crippen LogP contribution is 2.27. The van der Waals surface area contributed by atoms with E-state index in [1.165, 1.54) is 16.9 Å². The second kappa shape index (κ2) is 12.0. The van der Waals surface area contributed by atoms with Crippen LogP contribution in [0.4, 0.5) is 10.8 Å². The summed E-state index contributed by atoms with van der Waals surface area (Å²) in [4.78, 5) is 17.2. The maximum absolute atomic E-state index is 12.5. The molecule has 0 saturated carbocycles. The van der Waals surface area contributed by atoms with Crippen LogP contribution >= 0.6 is 11.3 Å². The topological polar surface area (TPSA) is 75.6 Å². The molecule has 1 aromatic heterocycles. The number of benzene rings is 4. The number of thiazole rings is 1. The van der Waals surface area contributed by atoms with Crippen LogP contribution in [0.3, 0.4) is 0 Å². The van der Waals surface area contributed by atoms with Gasteiger partial charge in [0.15, 0.2) is 5.13 Å². The quantitative estimate of drug-likeness (QED) is 0.160. The number of carbonyl (C=O) groups is 1. The first kappa shape index (κ1) is 24.9. The maximum atomic E-state index is 12.5. The number of anilines is 2. The molecule has 0 bridgehead atoms. The van der Waals surface area contributed by atoms with E-state index in [9.17, 15) is 4.79 Å². The minimum Gasteiger partial charge on any atom is -0.489 e. The highest BCUT2D eigenvalue weighted by Gasteiger charge is 2.08. The van der Waals surface area contributed by atoms with Crippen LogP contribution in [0.5, 0.6) is 5.75 Å². The zero-order valence-electron chi connectivity index (χ0n) is 20.8. The number of ether oxygens (including phenoxy) is 1. The first-order valence-electron chi connectivity index (χ1n) is 12.1. The standard InChI is InChI=1S/C31H26N4O2S/c1-22-7-15-27(16-8-22)33-31-34-29(21-38-31)25-11-13-26(14-12-25)30(36)35-32-19-23-9-17-28(18-10-23)37-20-24-5-3-2-4-6-24/h2-19,21H,20H2,1H3,(H,33,34)(H,35,36)/b32-19-. The van der Waals surface area contributed by atoms with Crippen molar-refractivity contribution >= 4 is 34.3 Å². The molecule has 38 heavy (non-hydrogen) atoms. The summed E-state index contributed by atoms with van der Waals surface area (Å²) in [5, 5.41) is 10.2. The van der Waals surface area contributed by atoms with Gasteiger partial charge in [0, 0.05) is 22.2 Å². The second-order valence-electron chi connectivity index (χ2n) is 8.65. The molecule has 7 heteroatoms. The van der Waals surface area contributed by atoms with E-state index in [0.717, 1.165) is 39.0 Å². The smallest absolute Gasteiger partial charge is 0.271 e. The van der Waals surface area contributed by atoms with Crippen LogP contribution in [-0.2, 0) is 6.61 Å². The summed E-state index contributed by atoms with van der Waals surface area (Å²) in [7, 11) is 0.